The van der Waals surface area contributed by atoms with Gasteiger partial charge in [0.15, 0.2) is 5.84 Å². The summed E-state index contributed by atoms with van der Waals surface area (Å²) in [6.45, 7) is 4.33. The highest BCUT2D eigenvalue weighted by atomic mass is 16.4. The van der Waals surface area contributed by atoms with E-state index in [2.05, 4.69) is 15.5 Å². The Morgan fingerprint density at radius 3 is 2.57 bits per heavy atom. The quantitative estimate of drug-likeness (QED) is 0.295. The van der Waals surface area contributed by atoms with Crippen molar-refractivity contribution < 1.29 is 10.0 Å². The predicted molar refractivity (Wildman–Crippen MR) is 81.7 cm³/mol. The Bertz CT molecular complexity index is 468. The summed E-state index contributed by atoms with van der Waals surface area (Å²) in [5.41, 5.74) is 5.79. The summed E-state index contributed by atoms with van der Waals surface area (Å²) in [4.78, 5) is 16.6. The fraction of sp³-hybridized carbons (Fsp3) is 0.533. The van der Waals surface area contributed by atoms with Crippen LogP contribution in [0.5, 0.6) is 0 Å². The van der Waals surface area contributed by atoms with E-state index in [1.165, 1.54) is 0 Å². The molecule has 1 amide bonds. The molecule has 116 valence electrons. The molecule has 6 heteroatoms. The van der Waals surface area contributed by atoms with Crippen LogP contribution in [0.25, 0.3) is 0 Å². The average molecular weight is 292 g/mol. The highest BCUT2D eigenvalue weighted by Gasteiger charge is 2.41. The lowest BCUT2D eigenvalue weighted by Gasteiger charge is -2.30. The molecule has 0 saturated carbocycles. The third-order valence-corrected chi connectivity index (χ3v) is 3.56. The Kier molecular flexibility index (Phi) is 6.65. The van der Waals surface area contributed by atoms with Gasteiger partial charge in [0.2, 0.25) is 5.91 Å². The number of aromatic nitrogens is 1. The van der Waals surface area contributed by atoms with Crippen molar-refractivity contribution in [3.8, 4) is 0 Å². The molecule has 1 aromatic rings. The van der Waals surface area contributed by atoms with Crippen LogP contribution in [-0.2, 0) is 11.3 Å². The Morgan fingerprint density at radius 2 is 2.10 bits per heavy atom. The molecule has 4 N–H and O–H groups in total. The first-order valence-electron chi connectivity index (χ1n) is 7.26. The third-order valence-electron chi connectivity index (χ3n) is 3.56. The molecule has 0 aliphatic carbocycles. The number of oxime groups is 1. The Balaban J connectivity index is 2.88. The molecule has 0 fully saturated rings. The molecule has 0 aliphatic rings. The lowest BCUT2D eigenvalue weighted by molar-refractivity contribution is -0.128. The minimum absolute atomic E-state index is 0.0186. The monoisotopic (exact) mass is 292 g/mol. The maximum absolute atomic E-state index is 12.6. The molecule has 1 aromatic heterocycles. The highest BCUT2D eigenvalue weighted by Crippen LogP contribution is 2.30. The molecule has 0 spiro atoms. The van der Waals surface area contributed by atoms with Gasteiger partial charge in [-0.1, -0.05) is 37.9 Å². The molecule has 0 bridgehead atoms. The number of hydrogen-bond donors (Lipinski definition) is 3. The minimum atomic E-state index is -0.944. The molecule has 0 unspecified atom stereocenters. The van der Waals surface area contributed by atoms with E-state index in [4.69, 9.17) is 10.9 Å². The zero-order valence-corrected chi connectivity index (χ0v) is 12.7. The Labute approximate surface area is 125 Å². The first kappa shape index (κ1) is 16.9. The van der Waals surface area contributed by atoms with Gasteiger partial charge in [-0.15, -0.1) is 0 Å². The number of nitrogens with one attached hydrogen (secondary N) is 1. The normalized spacial score (nSPS) is 12.2. The Hall–Kier alpha value is -2.11. The predicted octanol–water partition coefficient (Wildman–Crippen LogP) is 2.03. The van der Waals surface area contributed by atoms with Gasteiger partial charge in [0.25, 0.3) is 0 Å². The molecule has 6 nitrogen and oxygen atoms in total. The van der Waals surface area contributed by atoms with Crippen LogP contribution in [0.2, 0.25) is 0 Å². The number of carbonyl (C=O) groups excluding carboxylic acids is 1. The van der Waals surface area contributed by atoms with Crippen LogP contribution in [0.1, 0.15) is 45.1 Å². The van der Waals surface area contributed by atoms with E-state index in [-0.39, 0.29) is 11.7 Å². The Morgan fingerprint density at radius 1 is 1.43 bits per heavy atom. The van der Waals surface area contributed by atoms with Crippen molar-refractivity contribution in [1.82, 2.24) is 10.3 Å². The van der Waals surface area contributed by atoms with Crippen LogP contribution in [-0.4, -0.2) is 21.9 Å². The second-order valence-corrected chi connectivity index (χ2v) is 5.11. The number of nitrogens with zero attached hydrogens (tertiary/aromatic N) is 2. The highest BCUT2D eigenvalue weighted by molar-refractivity contribution is 6.06. The van der Waals surface area contributed by atoms with E-state index in [0.29, 0.717) is 19.4 Å². The van der Waals surface area contributed by atoms with Gasteiger partial charge in [0.05, 0.1) is 0 Å². The van der Waals surface area contributed by atoms with Gasteiger partial charge < -0.3 is 16.3 Å². The standard InChI is InChI=1S/C15H24N4O2/c1-3-7-15(8-4-2,13(16)19-21)14(20)18-11-12-6-5-9-17-10-12/h5-6,9-10,21H,3-4,7-8,11H2,1-2H3,(H2,16,19)(H,18,20). The maximum Gasteiger partial charge on any atom is 0.234 e. The van der Waals surface area contributed by atoms with Gasteiger partial charge in [-0.2, -0.15) is 0 Å². The van der Waals surface area contributed by atoms with Crippen molar-refractivity contribution in [3.63, 3.8) is 0 Å². The van der Waals surface area contributed by atoms with E-state index >= 15 is 0 Å². The molecule has 21 heavy (non-hydrogen) atoms. The largest absolute Gasteiger partial charge is 0.409 e. The van der Waals surface area contributed by atoms with Crippen LogP contribution < -0.4 is 11.1 Å². The summed E-state index contributed by atoms with van der Waals surface area (Å²) >= 11 is 0. The smallest absolute Gasteiger partial charge is 0.234 e. The van der Waals surface area contributed by atoms with Crippen molar-refractivity contribution in [3.05, 3.63) is 30.1 Å². The fourth-order valence-corrected chi connectivity index (χ4v) is 2.53. The first-order chi connectivity index (χ1) is 10.1. The summed E-state index contributed by atoms with van der Waals surface area (Å²) < 4.78 is 0. The fourth-order valence-electron chi connectivity index (χ4n) is 2.53. The van der Waals surface area contributed by atoms with E-state index in [9.17, 15) is 4.79 Å². The summed E-state index contributed by atoms with van der Waals surface area (Å²) in [7, 11) is 0. The van der Waals surface area contributed by atoms with E-state index in [1.807, 2.05) is 26.0 Å². The topological polar surface area (TPSA) is 101 Å². The van der Waals surface area contributed by atoms with Crippen LogP contribution in [0.4, 0.5) is 0 Å². The van der Waals surface area contributed by atoms with Crippen LogP contribution in [0.15, 0.2) is 29.7 Å². The van der Waals surface area contributed by atoms with Crippen molar-refractivity contribution in [2.24, 2.45) is 16.3 Å². The zero-order chi connectivity index (χ0) is 15.7. The maximum atomic E-state index is 12.6. The molecule has 0 aliphatic heterocycles. The molecule has 0 radical (unpaired) electrons. The van der Waals surface area contributed by atoms with Crippen molar-refractivity contribution in [2.45, 2.75) is 46.1 Å². The second kappa shape index (κ2) is 8.24. The van der Waals surface area contributed by atoms with E-state index < -0.39 is 5.41 Å². The lowest BCUT2D eigenvalue weighted by Crippen LogP contribution is -2.49. The molecule has 0 aromatic carbocycles. The molecule has 1 heterocycles. The van der Waals surface area contributed by atoms with E-state index in [0.717, 1.165) is 18.4 Å². The van der Waals surface area contributed by atoms with Gasteiger partial charge in [0, 0.05) is 18.9 Å². The van der Waals surface area contributed by atoms with Crippen LogP contribution in [0.3, 0.4) is 0 Å². The summed E-state index contributed by atoms with van der Waals surface area (Å²) in [6, 6.07) is 3.70. The number of pyridine rings is 1. The number of carbonyl (C=O) groups is 1. The van der Waals surface area contributed by atoms with Gasteiger partial charge in [-0.25, -0.2) is 0 Å². The van der Waals surface area contributed by atoms with E-state index in [1.54, 1.807) is 12.4 Å². The molecule has 1 rings (SSSR count). The molecule has 0 saturated heterocycles. The van der Waals surface area contributed by atoms with Crippen molar-refractivity contribution in [1.29, 1.82) is 0 Å². The second-order valence-electron chi connectivity index (χ2n) is 5.11. The number of amides is 1. The van der Waals surface area contributed by atoms with Crippen LogP contribution >= 0.6 is 0 Å². The van der Waals surface area contributed by atoms with Gasteiger partial charge in [-0.3, -0.25) is 9.78 Å². The summed E-state index contributed by atoms with van der Waals surface area (Å²) in [5.74, 6) is -0.222. The SMILES string of the molecule is CCCC(CCC)(C(=O)NCc1cccnc1)C(N)=NO. The van der Waals surface area contributed by atoms with Crippen molar-refractivity contribution >= 4 is 11.7 Å². The number of rotatable bonds is 8. The minimum Gasteiger partial charge on any atom is -0.409 e. The molecular weight excluding hydrogens is 268 g/mol. The average Bonchev–Trinajstić information content (AvgIpc) is 2.52. The number of hydrogen-bond acceptors (Lipinski definition) is 4. The summed E-state index contributed by atoms with van der Waals surface area (Å²) in [6.07, 6.45) is 6.03. The van der Waals surface area contributed by atoms with Gasteiger partial charge >= 0.3 is 0 Å². The van der Waals surface area contributed by atoms with Crippen molar-refractivity contribution in [2.75, 3.05) is 0 Å². The third kappa shape index (κ3) is 4.18. The zero-order valence-electron chi connectivity index (χ0n) is 12.7. The first-order valence-corrected chi connectivity index (χ1v) is 7.26. The lowest BCUT2D eigenvalue weighted by atomic mass is 9.77. The van der Waals surface area contributed by atoms with Crippen LogP contribution in [0, 0.1) is 5.41 Å². The van der Waals surface area contributed by atoms with Gasteiger partial charge in [0.1, 0.15) is 5.41 Å². The summed E-state index contributed by atoms with van der Waals surface area (Å²) in [5, 5.41) is 15.0. The van der Waals surface area contributed by atoms with Gasteiger partial charge in [-0.05, 0) is 24.5 Å². The number of nitrogens with two attached hydrogens (primary N) is 1. The molecule has 0 atom stereocenters. The number of amidine groups is 1. The molecular formula is C15H24N4O2.